The van der Waals surface area contributed by atoms with Gasteiger partial charge in [-0.05, 0) is 12.8 Å². The number of hydrogen-bond acceptors (Lipinski definition) is 5. The molecule has 1 heterocycles. The summed E-state index contributed by atoms with van der Waals surface area (Å²) in [7, 11) is 3.57. The van der Waals surface area contributed by atoms with E-state index in [2.05, 4.69) is 12.0 Å². The summed E-state index contributed by atoms with van der Waals surface area (Å²) in [5.41, 5.74) is 7.13. The summed E-state index contributed by atoms with van der Waals surface area (Å²) in [5, 5.41) is 4.17. The van der Waals surface area contributed by atoms with Crippen molar-refractivity contribution in [1.29, 1.82) is 0 Å². The third-order valence-corrected chi connectivity index (χ3v) is 3.08. The molecule has 2 atom stereocenters. The molecule has 0 aliphatic carbocycles. The second-order valence-electron chi connectivity index (χ2n) is 4.77. The van der Waals surface area contributed by atoms with Crippen LogP contribution < -0.4 is 5.73 Å². The van der Waals surface area contributed by atoms with E-state index in [0.29, 0.717) is 19.8 Å². The predicted molar refractivity (Wildman–Crippen MR) is 77.5 cm³/mol. The average Bonchev–Trinajstić information content (AvgIpc) is 2.87. The lowest BCUT2D eigenvalue weighted by Gasteiger charge is -2.22. The molecule has 0 amide bonds. The summed E-state index contributed by atoms with van der Waals surface area (Å²) in [6, 6.07) is -0.0345. The second kappa shape index (κ2) is 9.88. The van der Waals surface area contributed by atoms with E-state index in [1.165, 1.54) is 0 Å². The van der Waals surface area contributed by atoms with Gasteiger partial charge in [-0.2, -0.15) is 5.10 Å². The van der Waals surface area contributed by atoms with Gasteiger partial charge in [0, 0.05) is 45.2 Å². The van der Waals surface area contributed by atoms with Gasteiger partial charge < -0.3 is 19.9 Å². The van der Waals surface area contributed by atoms with E-state index in [1.807, 2.05) is 13.2 Å². The van der Waals surface area contributed by atoms with E-state index in [0.717, 1.165) is 25.0 Å². The zero-order chi connectivity index (χ0) is 14.8. The van der Waals surface area contributed by atoms with Gasteiger partial charge in [0.2, 0.25) is 0 Å². The Bertz CT molecular complexity index is 357. The molecule has 20 heavy (non-hydrogen) atoms. The first-order chi connectivity index (χ1) is 9.69. The molecule has 0 fully saturated rings. The van der Waals surface area contributed by atoms with Crippen molar-refractivity contribution in [2.75, 3.05) is 33.5 Å². The van der Waals surface area contributed by atoms with Crippen LogP contribution in [0.25, 0.3) is 0 Å². The molecule has 0 bridgehead atoms. The minimum absolute atomic E-state index is 0.0345. The lowest BCUT2D eigenvalue weighted by atomic mass is 10.0. The predicted octanol–water partition coefficient (Wildman–Crippen LogP) is 1.27. The summed E-state index contributed by atoms with van der Waals surface area (Å²) in [5.74, 6) is 0. The smallest absolute Gasteiger partial charge is 0.101 e. The number of hydrogen-bond donors (Lipinski definition) is 1. The fourth-order valence-electron chi connectivity index (χ4n) is 1.91. The van der Waals surface area contributed by atoms with Crippen LogP contribution in [0.15, 0.2) is 12.4 Å². The summed E-state index contributed by atoms with van der Waals surface area (Å²) in [6.45, 7) is 4.56. The van der Waals surface area contributed by atoms with Crippen molar-refractivity contribution >= 4 is 0 Å². The maximum Gasteiger partial charge on any atom is 0.101 e. The average molecular weight is 285 g/mol. The van der Waals surface area contributed by atoms with Gasteiger partial charge in [-0.25, -0.2) is 0 Å². The van der Waals surface area contributed by atoms with Gasteiger partial charge in [-0.3, -0.25) is 4.68 Å². The summed E-state index contributed by atoms with van der Waals surface area (Å²) in [4.78, 5) is 0. The van der Waals surface area contributed by atoms with Crippen molar-refractivity contribution in [3.8, 4) is 0 Å². The monoisotopic (exact) mass is 285 g/mol. The Balaban J connectivity index is 2.31. The van der Waals surface area contributed by atoms with Crippen LogP contribution in [0.2, 0.25) is 0 Å². The van der Waals surface area contributed by atoms with E-state index in [1.54, 1.807) is 18.0 Å². The van der Waals surface area contributed by atoms with Gasteiger partial charge >= 0.3 is 0 Å². The lowest BCUT2D eigenvalue weighted by molar-refractivity contribution is -0.0104. The summed E-state index contributed by atoms with van der Waals surface area (Å²) in [6.07, 6.45) is 5.38. The third kappa shape index (κ3) is 6.00. The van der Waals surface area contributed by atoms with Gasteiger partial charge in [-0.1, -0.05) is 6.92 Å². The van der Waals surface area contributed by atoms with Crippen molar-refractivity contribution in [1.82, 2.24) is 9.78 Å². The molecule has 0 radical (unpaired) electrons. The van der Waals surface area contributed by atoms with Crippen molar-refractivity contribution in [2.24, 2.45) is 12.8 Å². The quantitative estimate of drug-likeness (QED) is 0.620. The Kier molecular flexibility index (Phi) is 8.45. The van der Waals surface area contributed by atoms with Crippen molar-refractivity contribution in [2.45, 2.75) is 31.9 Å². The molecule has 0 aliphatic heterocycles. The minimum Gasteiger partial charge on any atom is -0.385 e. The molecule has 1 aromatic rings. The molecule has 1 aromatic heterocycles. The third-order valence-electron chi connectivity index (χ3n) is 3.08. The number of ether oxygens (including phenoxy) is 3. The number of rotatable bonds is 11. The largest absolute Gasteiger partial charge is 0.385 e. The van der Waals surface area contributed by atoms with Crippen LogP contribution >= 0.6 is 0 Å². The van der Waals surface area contributed by atoms with E-state index in [9.17, 15) is 0 Å². The van der Waals surface area contributed by atoms with Crippen molar-refractivity contribution in [3.63, 3.8) is 0 Å². The molecular weight excluding hydrogens is 258 g/mol. The number of aryl methyl sites for hydroxylation is 1. The molecule has 0 spiro atoms. The number of nitrogens with zero attached hydrogens (tertiary/aromatic N) is 2. The first-order valence-electron chi connectivity index (χ1n) is 7.11. The van der Waals surface area contributed by atoms with Crippen molar-refractivity contribution in [3.05, 3.63) is 18.0 Å². The highest BCUT2D eigenvalue weighted by Crippen LogP contribution is 2.21. The van der Waals surface area contributed by atoms with Crippen LogP contribution in [0.1, 0.15) is 31.4 Å². The molecule has 2 N–H and O–H groups in total. The molecule has 6 heteroatoms. The fraction of sp³-hybridized carbons (Fsp3) is 0.786. The van der Waals surface area contributed by atoms with Crippen LogP contribution in [0.3, 0.4) is 0 Å². The zero-order valence-corrected chi connectivity index (χ0v) is 12.7. The van der Waals surface area contributed by atoms with Crippen LogP contribution in [0, 0.1) is 0 Å². The number of nitrogens with two attached hydrogens (primary N) is 1. The van der Waals surface area contributed by atoms with Crippen LogP contribution in [-0.4, -0.2) is 49.4 Å². The molecular formula is C14H27N3O3. The van der Waals surface area contributed by atoms with Gasteiger partial charge in [0.15, 0.2) is 0 Å². The lowest BCUT2D eigenvalue weighted by Crippen LogP contribution is -2.30. The normalized spacial score (nSPS) is 14.4. The molecule has 0 aliphatic rings. The van der Waals surface area contributed by atoms with Crippen LogP contribution in [-0.2, 0) is 21.3 Å². The molecule has 0 saturated carbocycles. The molecule has 116 valence electrons. The standard InChI is InChI=1S/C14H27N3O3/c1-4-13(15)14(12-10-16-17(2)11-12)20-9-8-19-7-5-6-18-3/h10-11,13-14H,4-9,15H2,1-3H3. The molecule has 6 nitrogen and oxygen atoms in total. The fourth-order valence-corrected chi connectivity index (χ4v) is 1.91. The maximum atomic E-state index is 6.12. The molecule has 0 aromatic carbocycles. The van der Waals surface area contributed by atoms with Gasteiger partial charge in [0.25, 0.3) is 0 Å². The highest BCUT2D eigenvalue weighted by atomic mass is 16.5. The van der Waals surface area contributed by atoms with Gasteiger partial charge in [0.1, 0.15) is 6.10 Å². The molecule has 0 saturated heterocycles. The van der Waals surface area contributed by atoms with Crippen LogP contribution in [0.5, 0.6) is 0 Å². The first kappa shape index (κ1) is 17.1. The van der Waals surface area contributed by atoms with Gasteiger partial charge in [0.05, 0.1) is 19.4 Å². The Morgan fingerprint density at radius 3 is 2.70 bits per heavy atom. The highest BCUT2D eigenvalue weighted by Gasteiger charge is 2.20. The molecule has 2 unspecified atom stereocenters. The van der Waals surface area contributed by atoms with E-state index < -0.39 is 0 Å². The Morgan fingerprint density at radius 1 is 1.30 bits per heavy atom. The Labute approximate surface area is 121 Å². The van der Waals surface area contributed by atoms with Crippen LogP contribution in [0.4, 0.5) is 0 Å². The zero-order valence-electron chi connectivity index (χ0n) is 12.7. The van der Waals surface area contributed by atoms with Gasteiger partial charge in [-0.15, -0.1) is 0 Å². The highest BCUT2D eigenvalue weighted by molar-refractivity contribution is 5.10. The summed E-state index contributed by atoms with van der Waals surface area (Å²) >= 11 is 0. The summed E-state index contributed by atoms with van der Waals surface area (Å²) < 4.78 is 18.1. The van der Waals surface area contributed by atoms with Crippen molar-refractivity contribution < 1.29 is 14.2 Å². The van der Waals surface area contributed by atoms with E-state index in [-0.39, 0.29) is 12.1 Å². The first-order valence-corrected chi connectivity index (χ1v) is 7.11. The number of aromatic nitrogens is 2. The minimum atomic E-state index is -0.128. The number of methoxy groups -OCH3 is 1. The SMILES string of the molecule is CCC(N)C(OCCOCCCOC)c1cnn(C)c1. The Hall–Kier alpha value is -0.950. The second-order valence-corrected chi connectivity index (χ2v) is 4.77. The van der Waals surface area contributed by atoms with E-state index >= 15 is 0 Å². The topological polar surface area (TPSA) is 71.5 Å². The Morgan fingerprint density at radius 2 is 2.10 bits per heavy atom. The molecule has 1 rings (SSSR count). The van der Waals surface area contributed by atoms with E-state index in [4.69, 9.17) is 19.9 Å². The maximum absolute atomic E-state index is 6.12.